The number of carbonyl (C=O) groups excluding carboxylic acids is 1. The van der Waals surface area contributed by atoms with Crippen LogP contribution in [0.3, 0.4) is 0 Å². The smallest absolute Gasteiger partial charge is 0.255 e. The second-order valence-corrected chi connectivity index (χ2v) is 6.75. The Morgan fingerprint density at radius 3 is 2.68 bits per heavy atom. The average molecular weight is 377 g/mol. The van der Waals surface area contributed by atoms with Gasteiger partial charge in [0.2, 0.25) is 0 Å². The van der Waals surface area contributed by atoms with E-state index in [1.54, 1.807) is 18.0 Å². The van der Waals surface area contributed by atoms with Crippen molar-refractivity contribution in [3.05, 3.63) is 66.4 Å². The summed E-state index contributed by atoms with van der Waals surface area (Å²) in [5.41, 5.74) is 2.93. The van der Waals surface area contributed by atoms with Crippen LogP contribution in [0.2, 0.25) is 0 Å². The van der Waals surface area contributed by atoms with E-state index >= 15 is 0 Å². The molecule has 1 amide bonds. The van der Waals surface area contributed by atoms with Gasteiger partial charge in [-0.05, 0) is 49.2 Å². The van der Waals surface area contributed by atoms with Crippen molar-refractivity contribution in [2.24, 2.45) is 0 Å². The van der Waals surface area contributed by atoms with Crippen molar-refractivity contribution in [1.29, 1.82) is 0 Å². The molecule has 3 aromatic rings. The Balaban J connectivity index is 1.65. The van der Waals surface area contributed by atoms with Crippen LogP contribution in [0.15, 0.2) is 60.8 Å². The van der Waals surface area contributed by atoms with E-state index in [1.807, 2.05) is 54.6 Å². The molecule has 1 saturated heterocycles. The number of ether oxygens (including phenoxy) is 2. The van der Waals surface area contributed by atoms with Gasteiger partial charge in [0, 0.05) is 24.9 Å². The van der Waals surface area contributed by atoms with Crippen LogP contribution in [0.1, 0.15) is 23.2 Å². The molecule has 2 aromatic carbocycles. The molecule has 1 aromatic heterocycles. The second-order valence-electron chi connectivity index (χ2n) is 6.75. The van der Waals surface area contributed by atoms with E-state index in [1.165, 1.54) is 0 Å². The first-order chi connectivity index (χ1) is 13.7. The SMILES string of the molecule is COc1ccc(-c2nn(-c3ccccc3)cc2C(=O)NC[C@H]2CCCO2)cc1. The molecule has 4 rings (SSSR count). The lowest BCUT2D eigenvalue weighted by Crippen LogP contribution is -2.31. The Hall–Kier alpha value is -3.12. The summed E-state index contributed by atoms with van der Waals surface area (Å²) in [4.78, 5) is 12.9. The van der Waals surface area contributed by atoms with Gasteiger partial charge in [0.05, 0.1) is 24.5 Å². The number of hydrogen-bond acceptors (Lipinski definition) is 4. The lowest BCUT2D eigenvalue weighted by Gasteiger charge is -2.10. The van der Waals surface area contributed by atoms with E-state index in [0.717, 1.165) is 36.4 Å². The molecule has 1 N–H and O–H groups in total. The molecule has 2 heterocycles. The van der Waals surface area contributed by atoms with Gasteiger partial charge in [-0.15, -0.1) is 0 Å². The molecule has 0 radical (unpaired) electrons. The van der Waals surface area contributed by atoms with Crippen molar-refractivity contribution < 1.29 is 14.3 Å². The van der Waals surface area contributed by atoms with Crippen LogP contribution in [-0.2, 0) is 4.74 Å². The lowest BCUT2D eigenvalue weighted by molar-refractivity contribution is 0.0858. The molecule has 6 heteroatoms. The van der Waals surface area contributed by atoms with Crippen molar-refractivity contribution in [1.82, 2.24) is 15.1 Å². The zero-order valence-corrected chi connectivity index (χ0v) is 15.8. The Bertz CT molecular complexity index is 929. The molecule has 144 valence electrons. The number of aromatic nitrogens is 2. The van der Waals surface area contributed by atoms with Crippen LogP contribution < -0.4 is 10.1 Å². The van der Waals surface area contributed by atoms with E-state index in [9.17, 15) is 4.79 Å². The van der Waals surface area contributed by atoms with E-state index in [2.05, 4.69) is 5.32 Å². The summed E-state index contributed by atoms with van der Waals surface area (Å²) < 4.78 is 12.6. The number of para-hydroxylation sites is 1. The van der Waals surface area contributed by atoms with Gasteiger partial charge in [0.25, 0.3) is 5.91 Å². The summed E-state index contributed by atoms with van der Waals surface area (Å²) in [6.45, 7) is 1.28. The number of benzene rings is 2. The Morgan fingerprint density at radius 1 is 1.21 bits per heavy atom. The maximum Gasteiger partial charge on any atom is 0.255 e. The zero-order valence-electron chi connectivity index (χ0n) is 15.8. The van der Waals surface area contributed by atoms with E-state index in [4.69, 9.17) is 14.6 Å². The van der Waals surface area contributed by atoms with Crippen molar-refractivity contribution in [2.45, 2.75) is 18.9 Å². The molecule has 0 spiro atoms. The molecule has 1 aliphatic rings. The number of carbonyl (C=O) groups is 1. The quantitative estimate of drug-likeness (QED) is 0.715. The molecule has 0 saturated carbocycles. The normalized spacial score (nSPS) is 16.1. The summed E-state index contributed by atoms with van der Waals surface area (Å²) in [6.07, 6.45) is 3.90. The monoisotopic (exact) mass is 377 g/mol. The highest BCUT2D eigenvalue weighted by atomic mass is 16.5. The molecular weight excluding hydrogens is 354 g/mol. The fraction of sp³-hybridized carbons (Fsp3) is 0.273. The molecule has 0 bridgehead atoms. The number of methoxy groups -OCH3 is 1. The second kappa shape index (κ2) is 8.27. The van der Waals surface area contributed by atoms with Crippen LogP contribution in [-0.4, -0.2) is 42.1 Å². The topological polar surface area (TPSA) is 65.4 Å². The van der Waals surface area contributed by atoms with Crippen molar-refractivity contribution in [3.8, 4) is 22.7 Å². The Labute approximate surface area is 164 Å². The standard InChI is InChI=1S/C22H23N3O3/c1-27-18-11-9-16(10-12-18)21-20(22(26)23-14-19-8-5-13-28-19)15-25(24-21)17-6-3-2-4-7-17/h2-4,6-7,9-12,15,19H,5,8,13-14H2,1H3,(H,23,26)/t19-/m1/s1. The first kappa shape index (κ1) is 18.3. The zero-order chi connectivity index (χ0) is 19.3. The van der Waals surface area contributed by atoms with E-state index < -0.39 is 0 Å². The molecule has 0 aliphatic carbocycles. The third kappa shape index (κ3) is 3.92. The fourth-order valence-electron chi connectivity index (χ4n) is 3.32. The number of nitrogens with zero attached hydrogens (tertiary/aromatic N) is 2. The molecule has 1 atom stereocenters. The van der Waals surface area contributed by atoms with Crippen LogP contribution in [0.5, 0.6) is 5.75 Å². The molecule has 28 heavy (non-hydrogen) atoms. The van der Waals surface area contributed by atoms with E-state index in [0.29, 0.717) is 17.8 Å². The predicted octanol–water partition coefficient (Wildman–Crippen LogP) is 3.46. The highest BCUT2D eigenvalue weighted by Gasteiger charge is 2.21. The summed E-state index contributed by atoms with van der Waals surface area (Å²) in [5.74, 6) is 0.610. The minimum atomic E-state index is -0.150. The molecule has 1 aliphatic heterocycles. The maximum atomic E-state index is 12.9. The van der Waals surface area contributed by atoms with Crippen LogP contribution in [0.4, 0.5) is 0 Å². The summed E-state index contributed by atoms with van der Waals surface area (Å²) in [5, 5.41) is 7.69. The van der Waals surface area contributed by atoms with Gasteiger partial charge in [0.15, 0.2) is 0 Å². The van der Waals surface area contributed by atoms with Gasteiger partial charge in [-0.25, -0.2) is 4.68 Å². The van der Waals surface area contributed by atoms with E-state index in [-0.39, 0.29) is 12.0 Å². The van der Waals surface area contributed by atoms with Gasteiger partial charge in [-0.3, -0.25) is 4.79 Å². The van der Waals surface area contributed by atoms with Crippen LogP contribution >= 0.6 is 0 Å². The third-order valence-corrected chi connectivity index (χ3v) is 4.86. The molecule has 0 unspecified atom stereocenters. The van der Waals surface area contributed by atoms with Gasteiger partial charge in [-0.1, -0.05) is 18.2 Å². The van der Waals surface area contributed by atoms with Crippen molar-refractivity contribution in [3.63, 3.8) is 0 Å². The van der Waals surface area contributed by atoms with Gasteiger partial charge in [0.1, 0.15) is 11.4 Å². The number of hydrogen-bond donors (Lipinski definition) is 1. The summed E-state index contributed by atoms with van der Waals surface area (Å²) in [6, 6.07) is 17.3. The third-order valence-electron chi connectivity index (χ3n) is 4.86. The Morgan fingerprint density at radius 2 is 2.00 bits per heavy atom. The summed E-state index contributed by atoms with van der Waals surface area (Å²) in [7, 11) is 1.63. The minimum absolute atomic E-state index is 0.0950. The largest absolute Gasteiger partial charge is 0.497 e. The minimum Gasteiger partial charge on any atom is -0.497 e. The van der Waals surface area contributed by atoms with Gasteiger partial charge in [-0.2, -0.15) is 5.10 Å². The highest BCUT2D eigenvalue weighted by Crippen LogP contribution is 2.26. The average Bonchev–Trinajstić information content (AvgIpc) is 3.43. The Kier molecular flexibility index (Phi) is 5.39. The first-order valence-electron chi connectivity index (χ1n) is 9.44. The number of amides is 1. The molecular formula is C22H23N3O3. The number of nitrogens with one attached hydrogen (secondary N) is 1. The van der Waals surface area contributed by atoms with Crippen molar-refractivity contribution >= 4 is 5.91 Å². The van der Waals surface area contributed by atoms with Crippen molar-refractivity contribution in [2.75, 3.05) is 20.3 Å². The van der Waals surface area contributed by atoms with Crippen LogP contribution in [0, 0.1) is 0 Å². The number of rotatable bonds is 6. The predicted molar refractivity (Wildman–Crippen MR) is 107 cm³/mol. The molecule has 1 fully saturated rings. The van der Waals surface area contributed by atoms with Gasteiger partial charge >= 0.3 is 0 Å². The highest BCUT2D eigenvalue weighted by molar-refractivity contribution is 6.00. The fourth-order valence-corrected chi connectivity index (χ4v) is 3.32. The lowest BCUT2D eigenvalue weighted by atomic mass is 10.1. The maximum absolute atomic E-state index is 12.9. The van der Waals surface area contributed by atoms with Crippen LogP contribution in [0.25, 0.3) is 16.9 Å². The summed E-state index contributed by atoms with van der Waals surface area (Å²) >= 11 is 0. The molecule has 6 nitrogen and oxygen atoms in total. The first-order valence-corrected chi connectivity index (χ1v) is 9.44. The van der Waals surface area contributed by atoms with Gasteiger partial charge < -0.3 is 14.8 Å².